The Morgan fingerprint density at radius 1 is 1.31 bits per heavy atom. The smallest absolute Gasteiger partial charge is 0.263 e. The molecule has 0 spiro atoms. The molecule has 32 heavy (non-hydrogen) atoms. The molecule has 10 nitrogen and oxygen atoms in total. The van der Waals surface area contributed by atoms with Gasteiger partial charge in [-0.05, 0) is 44.9 Å². The summed E-state index contributed by atoms with van der Waals surface area (Å²) in [7, 11) is -1.96. The lowest BCUT2D eigenvalue weighted by molar-refractivity contribution is 0.0832. The lowest BCUT2D eigenvalue weighted by Gasteiger charge is -2.38. The highest BCUT2D eigenvalue weighted by atomic mass is 32.2. The van der Waals surface area contributed by atoms with Gasteiger partial charge in [0.1, 0.15) is 0 Å². The van der Waals surface area contributed by atoms with Crippen LogP contribution >= 0.6 is 0 Å². The number of nitrogens with zero attached hydrogens (tertiary/aromatic N) is 5. The standard InChI is InChI=1S/C21H26N6O4S/c1-13-17(12-28)23-20-26(11-14-9-22-25(3)10-14)19(29)16-8-15(4-5-18(16)27(13)20)32(30,31)24-21(2)6-7-21/h4-5,8-10,13,17,24,28H,6-7,11-12H2,1-3H3/t13-,17+/m1/s1. The fourth-order valence-electron chi connectivity index (χ4n) is 4.24. The molecule has 1 amide bonds. The summed E-state index contributed by atoms with van der Waals surface area (Å²) in [5, 5.41) is 14.0. The Bertz CT molecular complexity index is 1230. The van der Waals surface area contributed by atoms with Crippen molar-refractivity contribution >= 4 is 27.6 Å². The molecule has 0 radical (unpaired) electrons. The van der Waals surface area contributed by atoms with Crippen molar-refractivity contribution in [2.75, 3.05) is 11.5 Å². The maximum Gasteiger partial charge on any atom is 0.263 e. The molecule has 3 aliphatic rings. The van der Waals surface area contributed by atoms with Gasteiger partial charge in [0.05, 0.1) is 47.6 Å². The zero-order chi connectivity index (χ0) is 22.8. The van der Waals surface area contributed by atoms with Crippen LogP contribution in [-0.2, 0) is 23.6 Å². The number of rotatable bonds is 6. The third kappa shape index (κ3) is 3.40. The number of hydrogen-bond acceptors (Lipinski definition) is 7. The molecule has 2 N–H and O–H groups in total. The van der Waals surface area contributed by atoms with Crippen LogP contribution in [0.15, 0.2) is 40.5 Å². The Morgan fingerprint density at radius 2 is 2.06 bits per heavy atom. The molecule has 1 fully saturated rings. The number of aryl methyl sites for hydroxylation is 1. The Balaban J connectivity index is 1.58. The minimum absolute atomic E-state index is 0.0602. The monoisotopic (exact) mass is 458 g/mol. The van der Waals surface area contributed by atoms with Gasteiger partial charge in [-0.25, -0.2) is 18.1 Å². The van der Waals surface area contributed by atoms with Gasteiger partial charge in [-0.3, -0.25) is 14.4 Å². The first-order valence-corrected chi connectivity index (χ1v) is 12.1. The van der Waals surface area contributed by atoms with Gasteiger partial charge < -0.3 is 10.0 Å². The molecule has 0 saturated heterocycles. The fourth-order valence-corrected chi connectivity index (χ4v) is 5.74. The van der Waals surface area contributed by atoms with E-state index in [9.17, 15) is 18.3 Å². The summed E-state index contributed by atoms with van der Waals surface area (Å²) in [6.45, 7) is 3.88. The number of aliphatic imine (C=N–C) groups is 1. The lowest BCUT2D eigenvalue weighted by atomic mass is 10.0. The van der Waals surface area contributed by atoms with Gasteiger partial charge in [-0.15, -0.1) is 0 Å². The molecule has 3 heterocycles. The maximum absolute atomic E-state index is 13.6. The van der Waals surface area contributed by atoms with Crippen molar-refractivity contribution < 1.29 is 18.3 Å². The zero-order valence-electron chi connectivity index (χ0n) is 18.2. The molecule has 1 saturated carbocycles. The number of guanidine groups is 1. The predicted octanol–water partition coefficient (Wildman–Crippen LogP) is 0.832. The number of carbonyl (C=O) groups is 1. The number of aromatic nitrogens is 2. The van der Waals surface area contributed by atoms with E-state index in [2.05, 4.69) is 14.8 Å². The number of amides is 1. The summed E-state index contributed by atoms with van der Waals surface area (Å²) in [6, 6.07) is 4.04. The molecule has 2 atom stereocenters. The largest absolute Gasteiger partial charge is 0.394 e. The van der Waals surface area contributed by atoms with Crippen LogP contribution in [0.2, 0.25) is 0 Å². The van der Waals surface area contributed by atoms with Gasteiger partial charge in [0, 0.05) is 24.3 Å². The molecule has 170 valence electrons. The van der Waals surface area contributed by atoms with E-state index in [1.807, 2.05) is 24.9 Å². The fraction of sp³-hybridized carbons (Fsp3) is 0.476. The molecule has 2 aliphatic heterocycles. The van der Waals surface area contributed by atoms with E-state index < -0.39 is 15.6 Å². The van der Waals surface area contributed by atoms with Crippen LogP contribution in [0.5, 0.6) is 0 Å². The van der Waals surface area contributed by atoms with Crippen molar-refractivity contribution in [3.05, 3.63) is 41.7 Å². The van der Waals surface area contributed by atoms with Gasteiger partial charge in [0.2, 0.25) is 16.0 Å². The van der Waals surface area contributed by atoms with Crippen LogP contribution in [0.3, 0.4) is 0 Å². The summed E-state index contributed by atoms with van der Waals surface area (Å²) >= 11 is 0. The predicted molar refractivity (Wildman–Crippen MR) is 118 cm³/mol. The van der Waals surface area contributed by atoms with Crippen molar-refractivity contribution in [3.63, 3.8) is 0 Å². The van der Waals surface area contributed by atoms with E-state index >= 15 is 0 Å². The molecule has 5 rings (SSSR count). The number of aliphatic hydroxyl groups is 1. The first kappa shape index (κ1) is 21.1. The highest BCUT2D eigenvalue weighted by Gasteiger charge is 2.45. The quantitative estimate of drug-likeness (QED) is 0.662. The van der Waals surface area contributed by atoms with Crippen molar-refractivity contribution in [3.8, 4) is 0 Å². The first-order chi connectivity index (χ1) is 15.1. The Morgan fingerprint density at radius 3 is 2.69 bits per heavy atom. The summed E-state index contributed by atoms with van der Waals surface area (Å²) in [4.78, 5) is 21.7. The van der Waals surface area contributed by atoms with Gasteiger partial charge in [0.15, 0.2) is 0 Å². The van der Waals surface area contributed by atoms with E-state index in [4.69, 9.17) is 0 Å². The van der Waals surface area contributed by atoms with Crippen molar-refractivity contribution in [2.24, 2.45) is 12.0 Å². The maximum atomic E-state index is 13.6. The molecule has 11 heteroatoms. The number of sulfonamides is 1. The molecular formula is C21H26N6O4S. The molecule has 0 bridgehead atoms. The molecule has 0 unspecified atom stereocenters. The van der Waals surface area contributed by atoms with Crippen LogP contribution in [0.25, 0.3) is 0 Å². The molecule has 1 aromatic heterocycles. The molecule has 2 aromatic rings. The molecule has 1 aromatic carbocycles. The number of anilines is 1. The minimum atomic E-state index is -3.76. The summed E-state index contributed by atoms with van der Waals surface area (Å²) < 4.78 is 30.2. The highest BCUT2D eigenvalue weighted by molar-refractivity contribution is 7.89. The average Bonchev–Trinajstić information content (AvgIpc) is 3.15. The summed E-state index contributed by atoms with van der Waals surface area (Å²) in [6.07, 6.45) is 5.08. The number of carbonyl (C=O) groups excluding carboxylic acids is 1. The first-order valence-electron chi connectivity index (χ1n) is 10.6. The molecular weight excluding hydrogens is 432 g/mol. The van der Waals surface area contributed by atoms with Crippen molar-refractivity contribution in [2.45, 2.75) is 55.8 Å². The number of fused-ring (bicyclic) bond motifs is 3. The van der Waals surface area contributed by atoms with Crippen LogP contribution in [0.1, 0.15) is 42.6 Å². The normalized spacial score (nSPS) is 23.8. The molecule has 1 aliphatic carbocycles. The van der Waals surface area contributed by atoms with Gasteiger partial charge in [0.25, 0.3) is 5.91 Å². The minimum Gasteiger partial charge on any atom is -0.394 e. The number of aliphatic hydroxyl groups excluding tert-OH is 1. The van der Waals surface area contributed by atoms with E-state index in [0.29, 0.717) is 17.2 Å². The van der Waals surface area contributed by atoms with Crippen LogP contribution in [0.4, 0.5) is 5.69 Å². The van der Waals surface area contributed by atoms with E-state index in [-0.39, 0.29) is 36.0 Å². The average molecular weight is 459 g/mol. The Labute approximate surface area is 186 Å². The van der Waals surface area contributed by atoms with Crippen LogP contribution < -0.4 is 9.62 Å². The van der Waals surface area contributed by atoms with Gasteiger partial charge >= 0.3 is 0 Å². The zero-order valence-corrected chi connectivity index (χ0v) is 19.0. The van der Waals surface area contributed by atoms with Crippen molar-refractivity contribution in [1.29, 1.82) is 0 Å². The Hall–Kier alpha value is -2.76. The van der Waals surface area contributed by atoms with Crippen LogP contribution in [0, 0.1) is 0 Å². The third-order valence-corrected chi connectivity index (χ3v) is 8.02. The summed E-state index contributed by atoms with van der Waals surface area (Å²) in [5.74, 6) is 0.122. The lowest BCUT2D eigenvalue weighted by Crippen LogP contribution is -2.52. The second-order valence-corrected chi connectivity index (χ2v) is 10.7. The highest BCUT2D eigenvalue weighted by Crippen LogP contribution is 2.39. The third-order valence-electron chi connectivity index (χ3n) is 6.38. The second kappa shape index (κ2) is 7.12. The van der Waals surface area contributed by atoms with Gasteiger partial charge in [-0.2, -0.15) is 5.10 Å². The number of hydrogen-bond donors (Lipinski definition) is 2. The van der Waals surface area contributed by atoms with E-state index in [1.165, 1.54) is 17.0 Å². The second-order valence-electron chi connectivity index (χ2n) is 9.05. The van der Waals surface area contributed by atoms with E-state index in [1.54, 1.807) is 24.0 Å². The number of nitrogens with one attached hydrogen (secondary N) is 1. The van der Waals surface area contributed by atoms with E-state index in [0.717, 1.165) is 18.4 Å². The SMILES string of the molecule is C[C@@H]1[C@H](CO)N=C2N(Cc3cnn(C)c3)C(=O)c3cc(S(=O)(=O)NC4(C)CC4)ccc3N21. The van der Waals surface area contributed by atoms with Gasteiger partial charge in [-0.1, -0.05) is 0 Å². The Kier molecular flexibility index (Phi) is 4.70. The van der Waals surface area contributed by atoms with Crippen molar-refractivity contribution in [1.82, 2.24) is 19.4 Å². The topological polar surface area (TPSA) is 120 Å². The summed E-state index contributed by atoms with van der Waals surface area (Å²) in [5.41, 5.74) is 1.29. The van der Waals surface area contributed by atoms with Crippen LogP contribution in [-0.4, -0.2) is 64.3 Å². The number of benzene rings is 1.